The van der Waals surface area contributed by atoms with Gasteiger partial charge in [-0.2, -0.15) is 0 Å². The minimum atomic E-state index is -0.100. The summed E-state index contributed by atoms with van der Waals surface area (Å²) < 4.78 is 0. The molecule has 0 aromatic carbocycles. The van der Waals surface area contributed by atoms with E-state index in [1.165, 1.54) is 0 Å². The van der Waals surface area contributed by atoms with Crippen molar-refractivity contribution < 1.29 is 10.0 Å². The second-order valence-electron chi connectivity index (χ2n) is 4.40. The van der Waals surface area contributed by atoms with Crippen LogP contribution in [0.2, 0.25) is 0 Å². The fraction of sp³-hybridized carbons (Fsp3) is 0.800. The number of carbonyl (C=O) groups excluding carboxylic acids is 1. The van der Waals surface area contributed by atoms with Crippen LogP contribution in [0, 0.1) is 0 Å². The topological polar surface area (TPSA) is 85.4 Å². The molecule has 0 bridgehead atoms. The lowest BCUT2D eigenvalue weighted by Gasteiger charge is -2.38. The predicted molar refractivity (Wildman–Crippen MR) is 65.1 cm³/mol. The molecule has 0 aliphatic carbocycles. The molecule has 7 heteroatoms. The zero-order valence-corrected chi connectivity index (χ0v) is 10.6. The summed E-state index contributed by atoms with van der Waals surface area (Å²) in [6.45, 7) is 4.69. The third-order valence-corrected chi connectivity index (χ3v) is 3.06. The molecular formula is C10H21N5O2. The van der Waals surface area contributed by atoms with Crippen LogP contribution in [-0.2, 0) is 0 Å². The van der Waals surface area contributed by atoms with Crippen molar-refractivity contribution >= 4 is 11.9 Å². The van der Waals surface area contributed by atoms with Gasteiger partial charge in [0.05, 0.1) is 6.04 Å². The van der Waals surface area contributed by atoms with Crippen LogP contribution in [0.1, 0.15) is 6.92 Å². The third-order valence-electron chi connectivity index (χ3n) is 3.06. The van der Waals surface area contributed by atoms with Crippen molar-refractivity contribution in [3.63, 3.8) is 0 Å². The van der Waals surface area contributed by atoms with Gasteiger partial charge < -0.3 is 20.7 Å². The maximum Gasteiger partial charge on any atom is 0.319 e. The highest BCUT2D eigenvalue weighted by molar-refractivity contribution is 5.84. The molecule has 1 heterocycles. The van der Waals surface area contributed by atoms with E-state index in [2.05, 4.69) is 10.1 Å². The third kappa shape index (κ3) is 3.23. The van der Waals surface area contributed by atoms with Crippen molar-refractivity contribution in [1.29, 1.82) is 0 Å². The van der Waals surface area contributed by atoms with Crippen molar-refractivity contribution in [1.82, 2.24) is 14.7 Å². The first-order valence-corrected chi connectivity index (χ1v) is 5.65. The molecule has 1 saturated heterocycles. The zero-order chi connectivity index (χ0) is 13.0. The normalized spacial score (nSPS) is 20.2. The lowest BCUT2D eigenvalue weighted by Crippen LogP contribution is -2.55. The number of nitrogens with two attached hydrogens (primary N) is 1. The standard InChI is InChI=1S/C10H21N5O2/c1-8(9(11)12-17)14-4-6-15(7-5-14)10(16)13(2)3/h8,17H,4-7H2,1-3H3,(H2,11,12). The number of urea groups is 1. The molecule has 1 aliphatic heterocycles. The highest BCUT2D eigenvalue weighted by Crippen LogP contribution is 2.07. The average Bonchev–Trinajstić information content (AvgIpc) is 2.36. The summed E-state index contributed by atoms with van der Waals surface area (Å²) in [7, 11) is 3.49. The average molecular weight is 243 g/mol. The van der Waals surface area contributed by atoms with E-state index in [9.17, 15) is 4.79 Å². The van der Waals surface area contributed by atoms with Crippen molar-refractivity contribution in [3.05, 3.63) is 0 Å². The van der Waals surface area contributed by atoms with Crippen LogP contribution in [0.5, 0.6) is 0 Å². The molecule has 2 amide bonds. The van der Waals surface area contributed by atoms with Crippen LogP contribution in [0.25, 0.3) is 0 Å². The highest BCUT2D eigenvalue weighted by atomic mass is 16.4. The van der Waals surface area contributed by atoms with Crippen molar-refractivity contribution in [2.75, 3.05) is 40.3 Å². The first-order valence-electron chi connectivity index (χ1n) is 5.65. The Morgan fingerprint density at radius 3 is 2.29 bits per heavy atom. The van der Waals surface area contributed by atoms with E-state index in [-0.39, 0.29) is 17.9 Å². The monoisotopic (exact) mass is 243 g/mol. The Balaban J connectivity index is 2.48. The minimum Gasteiger partial charge on any atom is -0.409 e. The quantitative estimate of drug-likeness (QED) is 0.294. The molecule has 1 rings (SSSR count). The first-order chi connectivity index (χ1) is 7.97. The van der Waals surface area contributed by atoms with Gasteiger partial charge in [-0.3, -0.25) is 4.90 Å². The summed E-state index contributed by atoms with van der Waals surface area (Å²) >= 11 is 0. The molecule has 0 aromatic rings. The number of carbonyl (C=O) groups is 1. The molecule has 0 saturated carbocycles. The number of rotatable bonds is 2. The molecule has 7 nitrogen and oxygen atoms in total. The zero-order valence-electron chi connectivity index (χ0n) is 10.6. The molecular weight excluding hydrogens is 222 g/mol. The van der Waals surface area contributed by atoms with Crippen LogP contribution < -0.4 is 5.73 Å². The lowest BCUT2D eigenvalue weighted by molar-refractivity contribution is 0.116. The predicted octanol–water partition coefficient (Wildman–Crippen LogP) is -0.579. The van der Waals surface area contributed by atoms with Crippen LogP contribution >= 0.6 is 0 Å². The van der Waals surface area contributed by atoms with Gasteiger partial charge in [-0.15, -0.1) is 0 Å². The summed E-state index contributed by atoms with van der Waals surface area (Å²) in [4.78, 5) is 17.2. The summed E-state index contributed by atoms with van der Waals surface area (Å²) in [6, 6.07) is -0.0716. The maximum atomic E-state index is 11.7. The highest BCUT2D eigenvalue weighted by Gasteiger charge is 2.26. The van der Waals surface area contributed by atoms with Gasteiger partial charge in [0, 0.05) is 40.3 Å². The molecule has 1 aliphatic rings. The smallest absolute Gasteiger partial charge is 0.319 e. The molecule has 1 unspecified atom stereocenters. The fourth-order valence-corrected chi connectivity index (χ4v) is 1.85. The van der Waals surface area contributed by atoms with E-state index in [1.54, 1.807) is 23.9 Å². The first kappa shape index (κ1) is 13.6. The summed E-state index contributed by atoms with van der Waals surface area (Å²) in [5.74, 6) is 0.206. The van der Waals surface area contributed by atoms with Gasteiger partial charge in [-0.25, -0.2) is 4.79 Å². The Morgan fingerprint density at radius 1 is 1.35 bits per heavy atom. The fourth-order valence-electron chi connectivity index (χ4n) is 1.85. The van der Waals surface area contributed by atoms with E-state index in [1.807, 2.05) is 6.92 Å². The number of nitrogens with zero attached hydrogens (tertiary/aromatic N) is 4. The second-order valence-corrected chi connectivity index (χ2v) is 4.40. The number of hydrogen-bond acceptors (Lipinski definition) is 4. The van der Waals surface area contributed by atoms with Gasteiger partial charge >= 0.3 is 6.03 Å². The Morgan fingerprint density at radius 2 is 1.88 bits per heavy atom. The Labute approximate surface area is 101 Å². The molecule has 1 fully saturated rings. The molecule has 0 radical (unpaired) electrons. The number of amidine groups is 1. The summed E-state index contributed by atoms with van der Waals surface area (Å²) in [6.07, 6.45) is 0. The minimum absolute atomic E-state index is 0.0288. The molecule has 3 N–H and O–H groups in total. The summed E-state index contributed by atoms with van der Waals surface area (Å²) in [5.41, 5.74) is 5.56. The SMILES string of the molecule is CC(C(N)=NO)N1CCN(C(=O)N(C)C)CC1. The van der Waals surface area contributed by atoms with Crippen LogP contribution in [0.4, 0.5) is 4.79 Å². The van der Waals surface area contributed by atoms with E-state index >= 15 is 0 Å². The number of piperazine rings is 1. The van der Waals surface area contributed by atoms with E-state index in [0.29, 0.717) is 13.1 Å². The van der Waals surface area contributed by atoms with Crippen molar-refractivity contribution in [2.24, 2.45) is 10.9 Å². The van der Waals surface area contributed by atoms with Crippen molar-refractivity contribution in [2.45, 2.75) is 13.0 Å². The molecule has 0 spiro atoms. The van der Waals surface area contributed by atoms with Gasteiger partial charge in [0.1, 0.15) is 0 Å². The molecule has 1 atom stereocenters. The van der Waals surface area contributed by atoms with Crippen LogP contribution in [0.15, 0.2) is 5.16 Å². The van der Waals surface area contributed by atoms with E-state index in [4.69, 9.17) is 10.9 Å². The van der Waals surface area contributed by atoms with Crippen LogP contribution in [-0.4, -0.2) is 78.1 Å². The van der Waals surface area contributed by atoms with E-state index < -0.39 is 0 Å². The maximum absolute atomic E-state index is 11.7. The Kier molecular flexibility index (Phi) is 4.56. The largest absolute Gasteiger partial charge is 0.409 e. The van der Waals surface area contributed by atoms with Gasteiger partial charge in [-0.05, 0) is 6.92 Å². The lowest BCUT2D eigenvalue weighted by atomic mass is 10.2. The second kappa shape index (κ2) is 5.72. The van der Waals surface area contributed by atoms with Gasteiger partial charge in [-0.1, -0.05) is 5.16 Å². The number of amides is 2. The Hall–Kier alpha value is -1.50. The Bertz CT molecular complexity index is 297. The van der Waals surface area contributed by atoms with Gasteiger partial charge in [0.2, 0.25) is 0 Å². The van der Waals surface area contributed by atoms with Crippen LogP contribution in [0.3, 0.4) is 0 Å². The number of oxime groups is 1. The number of hydrogen-bond donors (Lipinski definition) is 2. The van der Waals surface area contributed by atoms with Gasteiger partial charge in [0.25, 0.3) is 0 Å². The summed E-state index contributed by atoms with van der Waals surface area (Å²) in [5, 5.41) is 11.6. The molecule has 17 heavy (non-hydrogen) atoms. The molecule has 0 aromatic heterocycles. The molecule has 98 valence electrons. The van der Waals surface area contributed by atoms with E-state index in [0.717, 1.165) is 13.1 Å². The van der Waals surface area contributed by atoms with Crippen molar-refractivity contribution in [3.8, 4) is 0 Å². The van der Waals surface area contributed by atoms with Gasteiger partial charge in [0.15, 0.2) is 5.84 Å².